The lowest BCUT2D eigenvalue weighted by Crippen LogP contribution is -2.36. The number of hydrogen-bond acceptors (Lipinski definition) is 11. The fourth-order valence-corrected chi connectivity index (χ4v) is 2.92. The number of benzene rings is 1. The molecule has 0 N–H and O–H groups in total. The molecule has 1 rings (SSSR count). The van der Waals surface area contributed by atoms with E-state index in [0.717, 1.165) is 6.29 Å². The topological polar surface area (TPSA) is 120 Å². The van der Waals surface area contributed by atoms with Gasteiger partial charge in [-0.25, -0.2) is 4.79 Å². The number of carbonyl (C=O) groups excluding carboxylic acids is 2. The average Bonchev–Trinajstić information content (AvgIpc) is 2.94. The predicted molar refractivity (Wildman–Crippen MR) is 152 cm³/mol. The predicted octanol–water partition coefficient (Wildman–Crippen LogP) is 2.86. The molecule has 0 fully saturated rings. The molecule has 1 amide bonds. The normalized spacial score (nSPS) is 11.4. The van der Waals surface area contributed by atoms with Crippen LogP contribution in [0.15, 0.2) is 24.3 Å². The average molecular weight is 588 g/mol. The Balaban J connectivity index is 1.72. The maximum atomic E-state index is 11.8. The summed E-state index contributed by atoms with van der Waals surface area (Å²) < 4.78 is 49.0. The van der Waals surface area contributed by atoms with Crippen molar-refractivity contribution in [2.24, 2.45) is 0 Å². The minimum Gasteiger partial charge on any atom is -0.491 e. The van der Waals surface area contributed by atoms with Crippen molar-refractivity contribution in [3.05, 3.63) is 29.8 Å². The van der Waals surface area contributed by atoms with E-state index >= 15 is 0 Å². The van der Waals surface area contributed by atoms with Crippen LogP contribution >= 0.6 is 0 Å². The Hall–Kier alpha value is -2.32. The van der Waals surface area contributed by atoms with Crippen LogP contribution < -0.4 is 4.74 Å². The highest BCUT2D eigenvalue weighted by molar-refractivity contribution is 5.74. The molecule has 0 heterocycles. The van der Waals surface area contributed by atoms with Gasteiger partial charge in [0.2, 0.25) is 0 Å². The monoisotopic (exact) mass is 587 g/mol. The molecule has 236 valence electrons. The van der Waals surface area contributed by atoms with Gasteiger partial charge in [0.15, 0.2) is 0 Å². The van der Waals surface area contributed by atoms with Crippen molar-refractivity contribution in [3.63, 3.8) is 0 Å². The van der Waals surface area contributed by atoms with E-state index in [1.54, 1.807) is 31.3 Å². The van der Waals surface area contributed by atoms with E-state index in [1.807, 2.05) is 20.8 Å². The number of likely N-dealkylation sites (N-methyl/N-ethyl adjacent to an activating group) is 1. The molecule has 0 atom stereocenters. The van der Waals surface area contributed by atoms with Crippen LogP contribution in [0.5, 0.6) is 5.75 Å². The van der Waals surface area contributed by atoms with Crippen molar-refractivity contribution < 1.29 is 52.2 Å². The van der Waals surface area contributed by atoms with Gasteiger partial charge in [-0.15, -0.1) is 0 Å². The quantitative estimate of drug-likeness (QED) is 0.118. The first-order valence-electron chi connectivity index (χ1n) is 14.0. The fourth-order valence-electron chi connectivity index (χ4n) is 2.92. The Kier molecular flexibility index (Phi) is 21.8. The van der Waals surface area contributed by atoms with E-state index in [2.05, 4.69) is 0 Å². The molecule has 0 saturated heterocycles. The molecular formula is C29H49NO11. The summed E-state index contributed by atoms with van der Waals surface area (Å²) in [7, 11) is 1.68. The van der Waals surface area contributed by atoms with Gasteiger partial charge in [0.25, 0.3) is 0 Å². The SMILES string of the molecule is CN(CCOCCOCCOCCOCCOCCOCCOCCOc1ccc(C=O)cc1)C(=O)OC(C)(C)C. The standard InChI is InChI=1S/C29H49NO11/c1-29(2,3)41-28(32)30(4)9-10-33-11-12-34-13-14-35-15-16-36-17-18-37-19-20-38-21-22-39-23-24-40-27-7-5-26(25-31)6-8-27/h5-8,25H,9-24H2,1-4H3. The summed E-state index contributed by atoms with van der Waals surface area (Å²) >= 11 is 0. The first-order chi connectivity index (χ1) is 19.8. The third kappa shape index (κ3) is 23.0. The first kappa shape index (κ1) is 36.7. The summed E-state index contributed by atoms with van der Waals surface area (Å²) in [6, 6.07) is 6.92. The van der Waals surface area contributed by atoms with Gasteiger partial charge in [-0.1, -0.05) is 0 Å². The minimum atomic E-state index is -0.510. The molecule has 12 nitrogen and oxygen atoms in total. The van der Waals surface area contributed by atoms with Crippen LogP contribution in [-0.2, 0) is 37.9 Å². The maximum absolute atomic E-state index is 11.8. The lowest BCUT2D eigenvalue weighted by atomic mass is 10.2. The number of aldehydes is 1. The Morgan fingerprint density at radius 2 is 1.00 bits per heavy atom. The third-order valence-corrected chi connectivity index (χ3v) is 5.02. The molecule has 12 heteroatoms. The van der Waals surface area contributed by atoms with Crippen molar-refractivity contribution in [1.82, 2.24) is 4.90 Å². The zero-order valence-corrected chi connectivity index (χ0v) is 25.1. The highest BCUT2D eigenvalue weighted by Gasteiger charge is 2.19. The van der Waals surface area contributed by atoms with E-state index in [9.17, 15) is 9.59 Å². The summed E-state index contributed by atoms with van der Waals surface area (Å²) in [5, 5.41) is 0. The van der Waals surface area contributed by atoms with Crippen LogP contribution in [-0.4, -0.2) is 136 Å². The van der Waals surface area contributed by atoms with E-state index in [-0.39, 0.29) is 6.09 Å². The van der Waals surface area contributed by atoms with E-state index < -0.39 is 5.60 Å². The van der Waals surface area contributed by atoms with Crippen LogP contribution in [0.4, 0.5) is 4.79 Å². The summed E-state index contributed by atoms with van der Waals surface area (Å²) in [5.41, 5.74) is 0.106. The molecule has 0 saturated carbocycles. The van der Waals surface area contributed by atoms with Gasteiger partial charge in [-0.3, -0.25) is 4.79 Å². The van der Waals surface area contributed by atoms with Crippen LogP contribution in [0.2, 0.25) is 0 Å². The van der Waals surface area contributed by atoms with Crippen LogP contribution in [0.25, 0.3) is 0 Å². The summed E-state index contributed by atoms with van der Waals surface area (Å²) in [5.74, 6) is 0.701. The van der Waals surface area contributed by atoms with Gasteiger partial charge in [-0.2, -0.15) is 0 Å². The van der Waals surface area contributed by atoms with E-state index in [0.29, 0.717) is 117 Å². The van der Waals surface area contributed by atoms with Gasteiger partial charge >= 0.3 is 6.09 Å². The number of nitrogens with zero attached hydrogens (tertiary/aromatic N) is 1. The van der Waals surface area contributed by atoms with E-state index in [1.165, 1.54) is 4.90 Å². The van der Waals surface area contributed by atoms with Crippen LogP contribution in [0, 0.1) is 0 Å². The number of rotatable bonds is 26. The Morgan fingerprint density at radius 3 is 1.37 bits per heavy atom. The van der Waals surface area contributed by atoms with Gasteiger partial charge in [-0.05, 0) is 45.0 Å². The first-order valence-corrected chi connectivity index (χ1v) is 14.0. The molecule has 41 heavy (non-hydrogen) atoms. The number of amides is 1. The van der Waals surface area contributed by atoms with Crippen LogP contribution in [0.3, 0.4) is 0 Å². The number of hydrogen-bond donors (Lipinski definition) is 0. The van der Waals surface area contributed by atoms with Crippen molar-refractivity contribution in [3.8, 4) is 5.75 Å². The van der Waals surface area contributed by atoms with Gasteiger partial charge in [0.05, 0.1) is 92.5 Å². The molecule has 0 aliphatic heterocycles. The number of carbonyl (C=O) groups is 2. The van der Waals surface area contributed by atoms with Crippen molar-refractivity contribution >= 4 is 12.4 Å². The largest absolute Gasteiger partial charge is 0.491 e. The molecule has 0 bridgehead atoms. The maximum Gasteiger partial charge on any atom is 0.410 e. The molecule has 1 aromatic rings. The van der Waals surface area contributed by atoms with Gasteiger partial charge in [0.1, 0.15) is 24.2 Å². The Morgan fingerprint density at radius 1 is 0.634 bits per heavy atom. The highest BCUT2D eigenvalue weighted by atomic mass is 16.6. The summed E-state index contributed by atoms with van der Waals surface area (Å²) in [6.07, 6.45) is 0.429. The highest BCUT2D eigenvalue weighted by Crippen LogP contribution is 2.11. The fraction of sp³-hybridized carbons (Fsp3) is 0.724. The Labute approximate surface area is 244 Å². The van der Waals surface area contributed by atoms with E-state index in [4.69, 9.17) is 42.6 Å². The zero-order chi connectivity index (χ0) is 30.0. The lowest BCUT2D eigenvalue weighted by Gasteiger charge is -2.24. The molecule has 1 aromatic carbocycles. The second-order valence-corrected chi connectivity index (χ2v) is 9.72. The van der Waals surface area contributed by atoms with Crippen molar-refractivity contribution in [1.29, 1.82) is 0 Å². The number of ether oxygens (including phenoxy) is 9. The van der Waals surface area contributed by atoms with Crippen molar-refractivity contribution in [2.75, 3.05) is 113 Å². The molecule has 0 spiro atoms. The smallest absolute Gasteiger partial charge is 0.410 e. The minimum absolute atomic E-state index is 0.366. The van der Waals surface area contributed by atoms with Gasteiger partial charge in [0, 0.05) is 19.2 Å². The lowest BCUT2D eigenvalue weighted by molar-refractivity contribution is -0.0219. The summed E-state index contributed by atoms with van der Waals surface area (Å²) in [6.45, 7) is 13.0. The second-order valence-electron chi connectivity index (χ2n) is 9.72. The second kappa shape index (κ2) is 24.3. The van der Waals surface area contributed by atoms with Gasteiger partial charge < -0.3 is 47.5 Å². The summed E-state index contributed by atoms with van der Waals surface area (Å²) in [4.78, 5) is 23.9. The Bertz CT molecular complexity index is 771. The molecule has 0 aromatic heterocycles. The molecule has 0 aliphatic carbocycles. The van der Waals surface area contributed by atoms with Crippen molar-refractivity contribution in [2.45, 2.75) is 26.4 Å². The molecule has 0 aliphatic rings. The zero-order valence-electron chi connectivity index (χ0n) is 25.1. The molecule has 0 radical (unpaired) electrons. The molecule has 0 unspecified atom stereocenters. The molecular weight excluding hydrogens is 538 g/mol. The van der Waals surface area contributed by atoms with Crippen LogP contribution in [0.1, 0.15) is 31.1 Å². The third-order valence-electron chi connectivity index (χ3n) is 5.02.